The van der Waals surface area contributed by atoms with Gasteiger partial charge in [-0.15, -0.1) is 32.9 Å². The quantitative estimate of drug-likeness (QED) is 0.228. The van der Waals surface area contributed by atoms with E-state index in [1.54, 1.807) is 11.3 Å². The molecule has 3 aliphatic rings. The van der Waals surface area contributed by atoms with Crippen LogP contribution in [0.15, 0.2) is 24.3 Å². The van der Waals surface area contributed by atoms with Crippen LogP contribution in [0.1, 0.15) is 126 Å². The smallest absolute Gasteiger partial charge is 0.348 e. The van der Waals surface area contributed by atoms with Crippen molar-refractivity contribution >= 4 is 47.2 Å². The minimum Gasteiger partial charge on any atom is -0.348 e. The maximum atomic E-state index is 13.6. The standard InChI is InChI=1S/C28H41F2N5OS.C6H6OS.2CO2/c1-17(2)26-33-32-19(4)35(26)23-15-21-6-7-22(16-23)34(21)14-11-24(25-8-5-18(3)37-25)31-27(36)20-9-12-28(29,30)13-10-20;1-5-2-3-6(4-7)8-5;2*2-1-3/h5,8,17,20-24H,6-7,9-16H2,1-4H3,(H,31,36);2-4H,1H3;;/t21?,22?,23?,24-;;;/m0.../s1. The molecule has 2 aliphatic heterocycles. The summed E-state index contributed by atoms with van der Waals surface area (Å²) in [5.41, 5.74) is 0. The van der Waals surface area contributed by atoms with Crippen LogP contribution in [-0.4, -0.2) is 68.7 Å². The highest BCUT2D eigenvalue weighted by Crippen LogP contribution is 2.43. The zero-order chi connectivity index (χ0) is 37.7. The Morgan fingerprint density at radius 1 is 0.922 bits per heavy atom. The number of aldehydes is 1. The van der Waals surface area contributed by atoms with Gasteiger partial charge in [-0.2, -0.15) is 19.2 Å². The first-order chi connectivity index (χ1) is 24.3. The second-order valence-electron chi connectivity index (χ2n) is 13.5. The van der Waals surface area contributed by atoms with Gasteiger partial charge in [-0.3, -0.25) is 14.5 Å². The molecule has 11 nitrogen and oxygen atoms in total. The molecule has 0 radical (unpaired) electrons. The van der Waals surface area contributed by atoms with Gasteiger partial charge < -0.3 is 9.88 Å². The van der Waals surface area contributed by atoms with Crippen LogP contribution in [0.4, 0.5) is 8.78 Å². The summed E-state index contributed by atoms with van der Waals surface area (Å²) < 4.78 is 29.7. The minimum atomic E-state index is -2.62. The average molecular weight is 748 g/mol. The third-order valence-corrected chi connectivity index (χ3v) is 11.7. The van der Waals surface area contributed by atoms with Gasteiger partial charge in [0.2, 0.25) is 11.8 Å². The highest BCUT2D eigenvalue weighted by Gasteiger charge is 2.43. The first kappa shape index (κ1) is 41.7. The van der Waals surface area contributed by atoms with Crippen LogP contribution in [0.2, 0.25) is 0 Å². The zero-order valence-electron chi connectivity index (χ0n) is 29.7. The number of carbonyl (C=O) groups is 2. The molecular formula is C36H47F2N5O6S2. The number of thiophene rings is 2. The molecule has 15 heteroatoms. The SMILES string of the molecule is Cc1ccc(C=O)s1.Cc1ccc([C@H](CCN2C3CCC2CC(n2c(C)nnc2C(C)C)C3)NC(=O)C2CCC(F)(F)CC2)s1.O=C=O.O=C=O. The van der Waals surface area contributed by atoms with E-state index in [2.05, 4.69) is 64.8 Å². The lowest BCUT2D eigenvalue weighted by molar-refractivity contribution is -0.193. The van der Waals surface area contributed by atoms with Gasteiger partial charge in [-0.25, -0.2) is 8.78 Å². The van der Waals surface area contributed by atoms with Crippen molar-refractivity contribution in [2.75, 3.05) is 6.54 Å². The summed E-state index contributed by atoms with van der Waals surface area (Å²) in [6, 6.07) is 9.42. The Labute approximate surface area is 305 Å². The van der Waals surface area contributed by atoms with E-state index >= 15 is 0 Å². The van der Waals surface area contributed by atoms with Crippen molar-refractivity contribution < 1.29 is 37.5 Å². The summed E-state index contributed by atoms with van der Waals surface area (Å²) in [4.78, 5) is 62.7. The third kappa shape index (κ3) is 11.9. The summed E-state index contributed by atoms with van der Waals surface area (Å²) >= 11 is 3.24. The van der Waals surface area contributed by atoms with Gasteiger partial charge in [-0.05, 0) is 90.0 Å². The fraction of sp³-hybridized carbons (Fsp3) is 0.611. The lowest BCUT2D eigenvalue weighted by Gasteiger charge is -2.40. The molecule has 278 valence electrons. The van der Waals surface area contributed by atoms with E-state index in [9.17, 15) is 18.4 Å². The number of alkyl halides is 2. The van der Waals surface area contributed by atoms with Gasteiger partial charge in [0.25, 0.3) is 0 Å². The van der Waals surface area contributed by atoms with Gasteiger partial charge >= 0.3 is 12.3 Å². The zero-order valence-corrected chi connectivity index (χ0v) is 31.4. The molecule has 6 rings (SSSR count). The van der Waals surface area contributed by atoms with E-state index in [0.29, 0.717) is 24.0 Å². The Balaban J connectivity index is 0.000000424. The molecule has 5 heterocycles. The topological polar surface area (TPSA) is 148 Å². The van der Waals surface area contributed by atoms with Crippen molar-refractivity contribution in [2.24, 2.45) is 5.92 Å². The summed E-state index contributed by atoms with van der Waals surface area (Å²) in [6.07, 6.45) is 7.04. The molecule has 3 atom stereocenters. The number of hydrogen-bond acceptors (Lipinski definition) is 11. The van der Waals surface area contributed by atoms with Crippen molar-refractivity contribution in [3.05, 3.63) is 55.4 Å². The number of aromatic nitrogens is 3. The number of fused-ring (bicyclic) bond motifs is 2. The van der Waals surface area contributed by atoms with Crippen LogP contribution in [-0.2, 0) is 24.0 Å². The molecule has 3 aromatic rings. The van der Waals surface area contributed by atoms with Crippen molar-refractivity contribution in [2.45, 2.75) is 128 Å². The Hall–Kier alpha value is -3.74. The molecule has 0 aromatic carbocycles. The molecule has 51 heavy (non-hydrogen) atoms. The molecule has 2 unspecified atom stereocenters. The Kier molecular flexibility index (Phi) is 16.1. The van der Waals surface area contributed by atoms with Crippen LogP contribution in [0.5, 0.6) is 0 Å². The van der Waals surface area contributed by atoms with Crippen LogP contribution in [0.3, 0.4) is 0 Å². The highest BCUT2D eigenvalue weighted by molar-refractivity contribution is 7.13. The Morgan fingerprint density at radius 2 is 1.49 bits per heavy atom. The van der Waals surface area contributed by atoms with E-state index in [0.717, 1.165) is 53.5 Å². The summed E-state index contributed by atoms with van der Waals surface area (Å²) in [5.74, 6) is -0.529. The normalized spacial score (nSPS) is 21.4. The van der Waals surface area contributed by atoms with Gasteiger partial charge in [0.1, 0.15) is 11.6 Å². The van der Waals surface area contributed by atoms with E-state index < -0.39 is 5.92 Å². The van der Waals surface area contributed by atoms with E-state index in [1.807, 2.05) is 19.1 Å². The lowest BCUT2D eigenvalue weighted by Crippen LogP contribution is -2.45. The van der Waals surface area contributed by atoms with E-state index in [-0.39, 0.29) is 55.9 Å². The van der Waals surface area contributed by atoms with Crippen LogP contribution in [0.25, 0.3) is 0 Å². The molecule has 1 aliphatic carbocycles. The second-order valence-corrected chi connectivity index (χ2v) is 16.2. The van der Waals surface area contributed by atoms with Crippen molar-refractivity contribution in [3.8, 4) is 0 Å². The largest absolute Gasteiger partial charge is 0.373 e. The van der Waals surface area contributed by atoms with Gasteiger partial charge in [-0.1, -0.05) is 13.8 Å². The highest BCUT2D eigenvalue weighted by atomic mass is 32.1. The van der Waals surface area contributed by atoms with Gasteiger partial charge in [0.15, 0.2) is 6.29 Å². The summed E-state index contributed by atoms with van der Waals surface area (Å²) in [6.45, 7) is 11.4. The summed E-state index contributed by atoms with van der Waals surface area (Å²) in [5, 5.41) is 12.1. The number of piperidine rings is 1. The molecule has 3 aromatic heterocycles. The first-order valence-corrected chi connectivity index (χ1v) is 18.8. The number of nitrogens with zero attached hydrogens (tertiary/aromatic N) is 4. The molecule has 1 N–H and O–H groups in total. The fourth-order valence-electron chi connectivity index (χ4n) is 7.37. The molecule has 2 bridgehead atoms. The number of hydrogen-bond donors (Lipinski definition) is 1. The number of aryl methyl sites for hydroxylation is 3. The second kappa shape index (κ2) is 19.8. The summed E-state index contributed by atoms with van der Waals surface area (Å²) in [7, 11) is 0. The number of nitrogens with one attached hydrogen (secondary N) is 1. The lowest BCUT2D eigenvalue weighted by atomic mass is 9.86. The van der Waals surface area contributed by atoms with E-state index in [4.69, 9.17) is 19.2 Å². The molecule has 2 saturated heterocycles. The predicted molar refractivity (Wildman–Crippen MR) is 187 cm³/mol. The van der Waals surface area contributed by atoms with Crippen LogP contribution >= 0.6 is 22.7 Å². The number of carbonyl (C=O) groups excluding carboxylic acids is 6. The maximum Gasteiger partial charge on any atom is 0.373 e. The number of halogens is 2. The van der Waals surface area contributed by atoms with Crippen molar-refractivity contribution in [1.82, 2.24) is 25.0 Å². The maximum absolute atomic E-state index is 13.6. The minimum absolute atomic E-state index is 0.0578. The molecular weight excluding hydrogens is 701 g/mol. The number of rotatable bonds is 9. The molecule has 3 fully saturated rings. The Morgan fingerprint density at radius 3 is 1.96 bits per heavy atom. The molecule has 1 amide bonds. The van der Waals surface area contributed by atoms with Crippen molar-refractivity contribution in [3.63, 3.8) is 0 Å². The third-order valence-electron chi connectivity index (χ3n) is 9.70. The monoisotopic (exact) mass is 747 g/mol. The first-order valence-electron chi connectivity index (χ1n) is 17.2. The van der Waals surface area contributed by atoms with Crippen LogP contribution in [0, 0.1) is 26.7 Å². The van der Waals surface area contributed by atoms with Crippen LogP contribution < -0.4 is 5.32 Å². The number of amides is 1. The fourth-order valence-corrected chi connectivity index (χ4v) is 9.02. The average Bonchev–Trinajstić information content (AvgIpc) is 3.86. The molecule has 1 saturated carbocycles. The van der Waals surface area contributed by atoms with Crippen molar-refractivity contribution in [1.29, 1.82) is 0 Å². The van der Waals surface area contributed by atoms with E-state index in [1.165, 1.54) is 33.9 Å². The van der Waals surface area contributed by atoms with Gasteiger partial charge in [0.05, 0.1) is 10.9 Å². The molecule has 0 spiro atoms. The Bertz CT molecular complexity index is 1610. The van der Waals surface area contributed by atoms with Gasteiger partial charge in [0, 0.05) is 64.0 Å². The predicted octanol–water partition coefficient (Wildman–Crippen LogP) is 7.02.